The topological polar surface area (TPSA) is 41.6 Å². The van der Waals surface area contributed by atoms with Crippen LogP contribution in [0, 0.1) is 6.33 Å². The highest BCUT2D eigenvalue weighted by atomic mass is 79.9. The van der Waals surface area contributed by atoms with Gasteiger partial charge >= 0.3 is 0 Å². The number of aromatic amines is 1. The fraction of sp³-hybridized carbons (Fsp3) is 0. The van der Waals surface area contributed by atoms with E-state index < -0.39 is 0 Å². The molecule has 0 aliphatic heterocycles. The van der Waals surface area contributed by atoms with Crippen molar-refractivity contribution in [1.29, 1.82) is 0 Å². The van der Waals surface area contributed by atoms with Crippen LogP contribution >= 0.6 is 15.9 Å². The highest BCUT2D eigenvalue weighted by Gasteiger charge is 2.02. The smallest absolute Gasteiger partial charge is 0.175 e. The van der Waals surface area contributed by atoms with Gasteiger partial charge < -0.3 is 4.98 Å². The molecule has 0 fully saturated rings. The number of halogens is 1. The van der Waals surface area contributed by atoms with E-state index in [9.17, 15) is 0 Å². The molecular weight excluding hydrogens is 266 g/mol. The van der Waals surface area contributed by atoms with Crippen LogP contribution in [-0.2, 0) is 0 Å². The summed E-state index contributed by atoms with van der Waals surface area (Å²) in [5, 5.41) is 0. The van der Waals surface area contributed by atoms with Crippen molar-refractivity contribution in [2.75, 3.05) is 0 Å². The number of H-pyrrole nitrogens is 1. The molecule has 2 aromatic heterocycles. The van der Waals surface area contributed by atoms with Crippen LogP contribution < -0.4 is 0 Å². The SMILES string of the molecule is Brc1ccc(-c2cnc3[nH][c]nc3c2)cc1. The molecule has 3 rings (SSSR count). The van der Waals surface area contributed by atoms with Gasteiger partial charge in [0.25, 0.3) is 0 Å². The maximum absolute atomic E-state index is 4.28. The molecule has 16 heavy (non-hydrogen) atoms. The highest BCUT2D eigenvalue weighted by molar-refractivity contribution is 9.10. The minimum absolute atomic E-state index is 0.765. The first-order valence-corrected chi connectivity index (χ1v) is 5.60. The van der Waals surface area contributed by atoms with Gasteiger partial charge in [-0.3, -0.25) is 0 Å². The number of imidazole rings is 1. The Morgan fingerprint density at radius 3 is 2.75 bits per heavy atom. The highest BCUT2D eigenvalue weighted by Crippen LogP contribution is 2.22. The summed E-state index contributed by atoms with van der Waals surface area (Å²) in [6.45, 7) is 0. The van der Waals surface area contributed by atoms with Gasteiger partial charge in [-0.15, -0.1) is 0 Å². The van der Waals surface area contributed by atoms with E-state index >= 15 is 0 Å². The number of fused-ring (bicyclic) bond motifs is 1. The minimum atomic E-state index is 0.765. The second kappa shape index (κ2) is 3.72. The Balaban J connectivity index is 2.14. The molecule has 0 saturated heterocycles. The maximum Gasteiger partial charge on any atom is 0.175 e. The van der Waals surface area contributed by atoms with Gasteiger partial charge in [0.1, 0.15) is 5.52 Å². The number of aromatic nitrogens is 3. The van der Waals surface area contributed by atoms with Crippen LogP contribution in [0.4, 0.5) is 0 Å². The van der Waals surface area contributed by atoms with Gasteiger partial charge in [0.15, 0.2) is 12.0 Å². The molecule has 0 aliphatic carbocycles. The zero-order valence-electron chi connectivity index (χ0n) is 8.24. The lowest BCUT2D eigenvalue weighted by molar-refractivity contribution is 1.29. The van der Waals surface area contributed by atoms with Crippen LogP contribution in [0.3, 0.4) is 0 Å². The lowest BCUT2D eigenvalue weighted by Crippen LogP contribution is -1.81. The van der Waals surface area contributed by atoms with Crippen LogP contribution in [-0.4, -0.2) is 15.0 Å². The van der Waals surface area contributed by atoms with E-state index in [1.807, 2.05) is 36.5 Å². The fourth-order valence-corrected chi connectivity index (χ4v) is 1.84. The van der Waals surface area contributed by atoms with Crippen molar-refractivity contribution in [3.05, 3.63) is 47.3 Å². The molecule has 0 bridgehead atoms. The molecule has 0 spiro atoms. The van der Waals surface area contributed by atoms with Crippen LogP contribution in [0.1, 0.15) is 0 Å². The van der Waals surface area contributed by atoms with Crippen molar-refractivity contribution in [3.63, 3.8) is 0 Å². The molecule has 0 unspecified atom stereocenters. The lowest BCUT2D eigenvalue weighted by Gasteiger charge is -2.00. The standard InChI is InChI=1S/C12H7BrN3/c13-10-3-1-8(2-4-10)9-5-11-12(14-6-9)16-7-15-11/h1-6H,(H,14,15,16). The number of nitrogens with zero attached hydrogens (tertiary/aromatic N) is 2. The molecule has 77 valence electrons. The first kappa shape index (κ1) is 9.54. The summed E-state index contributed by atoms with van der Waals surface area (Å²) < 4.78 is 1.07. The lowest BCUT2D eigenvalue weighted by atomic mass is 10.1. The van der Waals surface area contributed by atoms with Crippen LogP contribution in [0.5, 0.6) is 0 Å². The van der Waals surface area contributed by atoms with Gasteiger partial charge in [-0.2, -0.15) is 0 Å². The van der Waals surface area contributed by atoms with Crippen molar-refractivity contribution >= 4 is 27.1 Å². The molecule has 1 N–H and O–H groups in total. The third kappa shape index (κ3) is 1.61. The molecule has 0 saturated carbocycles. The quantitative estimate of drug-likeness (QED) is 0.739. The van der Waals surface area contributed by atoms with Crippen LogP contribution in [0.15, 0.2) is 41.0 Å². The van der Waals surface area contributed by atoms with Gasteiger partial charge in [-0.1, -0.05) is 28.1 Å². The number of nitrogens with one attached hydrogen (secondary N) is 1. The predicted molar refractivity (Wildman–Crippen MR) is 65.9 cm³/mol. The Morgan fingerprint density at radius 2 is 1.94 bits per heavy atom. The summed E-state index contributed by atoms with van der Waals surface area (Å²) in [5.41, 5.74) is 3.78. The number of pyridine rings is 1. The van der Waals surface area contributed by atoms with E-state index in [0.717, 1.165) is 26.8 Å². The van der Waals surface area contributed by atoms with E-state index in [2.05, 4.69) is 37.2 Å². The summed E-state index contributed by atoms with van der Waals surface area (Å²) in [7, 11) is 0. The van der Waals surface area contributed by atoms with Crippen molar-refractivity contribution in [2.45, 2.75) is 0 Å². The van der Waals surface area contributed by atoms with Crippen molar-refractivity contribution in [2.24, 2.45) is 0 Å². The Labute approximate surface area is 101 Å². The monoisotopic (exact) mass is 272 g/mol. The molecule has 0 amide bonds. The first-order valence-electron chi connectivity index (χ1n) is 4.81. The molecule has 2 heterocycles. The molecule has 0 aliphatic rings. The van der Waals surface area contributed by atoms with Gasteiger partial charge in [0.2, 0.25) is 0 Å². The molecule has 3 nitrogen and oxygen atoms in total. The molecule has 0 atom stereocenters. The first-order chi connectivity index (χ1) is 7.83. The normalized spacial score (nSPS) is 10.8. The number of hydrogen-bond donors (Lipinski definition) is 1. The third-order valence-electron chi connectivity index (χ3n) is 2.40. The molecule has 3 aromatic rings. The second-order valence-corrected chi connectivity index (χ2v) is 4.36. The summed E-state index contributed by atoms with van der Waals surface area (Å²) in [6, 6.07) is 10.1. The predicted octanol–water partition coefficient (Wildman–Crippen LogP) is 3.19. The summed E-state index contributed by atoms with van der Waals surface area (Å²) in [4.78, 5) is 11.2. The molecule has 1 radical (unpaired) electrons. The van der Waals surface area contributed by atoms with Gasteiger partial charge in [-0.05, 0) is 23.8 Å². The number of hydrogen-bond acceptors (Lipinski definition) is 2. The molecule has 1 aromatic carbocycles. The van der Waals surface area contributed by atoms with E-state index in [1.165, 1.54) is 0 Å². The number of rotatable bonds is 1. The number of benzene rings is 1. The van der Waals surface area contributed by atoms with Gasteiger partial charge in [0, 0.05) is 16.2 Å². The summed E-state index contributed by atoms with van der Waals surface area (Å²) >= 11 is 3.41. The average molecular weight is 273 g/mol. The Morgan fingerprint density at radius 1 is 1.12 bits per heavy atom. The summed E-state index contributed by atoms with van der Waals surface area (Å²) in [5.74, 6) is 0. The van der Waals surface area contributed by atoms with Crippen molar-refractivity contribution in [3.8, 4) is 11.1 Å². The Kier molecular flexibility index (Phi) is 2.22. The fourth-order valence-electron chi connectivity index (χ4n) is 1.58. The van der Waals surface area contributed by atoms with Crippen LogP contribution in [0.2, 0.25) is 0 Å². The zero-order valence-corrected chi connectivity index (χ0v) is 9.82. The van der Waals surface area contributed by atoms with Crippen molar-refractivity contribution < 1.29 is 0 Å². The Hall–Kier alpha value is -1.68. The largest absolute Gasteiger partial charge is 0.320 e. The van der Waals surface area contributed by atoms with E-state index in [-0.39, 0.29) is 0 Å². The van der Waals surface area contributed by atoms with E-state index in [4.69, 9.17) is 0 Å². The second-order valence-electron chi connectivity index (χ2n) is 3.45. The third-order valence-corrected chi connectivity index (χ3v) is 2.92. The maximum atomic E-state index is 4.28. The minimum Gasteiger partial charge on any atom is -0.320 e. The Bertz CT molecular complexity index is 628. The van der Waals surface area contributed by atoms with Crippen LogP contribution in [0.25, 0.3) is 22.3 Å². The average Bonchev–Trinajstić information content (AvgIpc) is 2.77. The zero-order chi connectivity index (χ0) is 11.0. The van der Waals surface area contributed by atoms with E-state index in [1.54, 1.807) is 0 Å². The van der Waals surface area contributed by atoms with Gasteiger partial charge in [-0.25, -0.2) is 9.97 Å². The molecular formula is C12H7BrN3. The summed E-state index contributed by atoms with van der Waals surface area (Å²) in [6.07, 6.45) is 4.51. The molecule has 4 heteroatoms. The van der Waals surface area contributed by atoms with Gasteiger partial charge in [0.05, 0.1) is 0 Å². The van der Waals surface area contributed by atoms with E-state index in [0.29, 0.717) is 0 Å². The van der Waals surface area contributed by atoms with Crippen molar-refractivity contribution in [1.82, 2.24) is 15.0 Å².